The highest BCUT2D eigenvalue weighted by Gasteiger charge is 2.43. The minimum absolute atomic E-state index is 0.122. The van der Waals surface area contributed by atoms with Gasteiger partial charge in [-0.3, -0.25) is 14.4 Å². The molecule has 1 N–H and O–H groups in total. The predicted octanol–water partition coefficient (Wildman–Crippen LogP) is 3.85. The smallest absolute Gasteiger partial charge is 0.224 e. The first-order valence-corrected chi connectivity index (χ1v) is 11.7. The van der Waals surface area contributed by atoms with Gasteiger partial charge in [0.1, 0.15) is 5.69 Å². The number of nitrogens with one attached hydrogen (secondary N) is 1. The summed E-state index contributed by atoms with van der Waals surface area (Å²) in [7, 11) is 0. The molecule has 6 rings (SSSR count). The molecule has 3 saturated heterocycles. The number of hydrogen-bond acceptors (Lipinski definition) is 4. The number of amides is 1. The maximum Gasteiger partial charge on any atom is 0.224 e. The van der Waals surface area contributed by atoms with Gasteiger partial charge in [-0.05, 0) is 50.3 Å². The van der Waals surface area contributed by atoms with Gasteiger partial charge in [0.15, 0.2) is 0 Å². The van der Waals surface area contributed by atoms with Crippen molar-refractivity contribution >= 4 is 5.91 Å². The number of carbonyl (C=O) groups is 1. The van der Waals surface area contributed by atoms with Crippen LogP contribution < -0.4 is 5.32 Å². The Morgan fingerprint density at radius 1 is 1.06 bits per heavy atom. The SMILES string of the molecule is CC(C)NC(=O)C1CN2CCC1CC2Cn1cc(-c2ccc(-c3ccccc3)cc2)nn1. The Balaban J connectivity index is 1.23. The number of rotatable bonds is 6. The Morgan fingerprint density at radius 3 is 2.47 bits per heavy atom. The van der Waals surface area contributed by atoms with Crippen LogP contribution >= 0.6 is 0 Å². The van der Waals surface area contributed by atoms with Crippen LogP contribution in [-0.2, 0) is 11.3 Å². The van der Waals surface area contributed by atoms with Crippen molar-refractivity contribution in [2.45, 2.75) is 45.3 Å². The Labute approximate surface area is 189 Å². The Morgan fingerprint density at radius 2 is 1.78 bits per heavy atom. The van der Waals surface area contributed by atoms with Gasteiger partial charge in [-0.1, -0.05) is 59.8 Å². The van der Waals surface area contributed by atoms with Crippen molar-refractivity contribution in [2.75, 3.05) is 13.1 Å². The fourth-order valence-electron chi connectivity index (χ4n) is 5.22. The molecule has 3 aliphatic heterocycles. The lowest BCUT2D eigenvalue weighted by atomic mass is 9.75. The molecule has 6 nitrogen and oxygen atoms in total. The van der Waals surface area contributed by atoms with E-state index >= 15 is 0 Å². The van der Waals surface area contributed by atoms with Crippen molar-refractivity contribution in [1.29, 1.82) is 0 Å². The Bertz CT molecular complexity index is 1060. The second kappa shape index (κ2) is 8.87. The van der Waals surface area contributed by atoms with E-state index in [0.29, 0.717) is 12.0 Å². The number of carbonyl (C=O) groups excluding carboxylic acids is 1. The molecule has 3 fully saturated rings. The van der Waals surface area contributed by atoms with E-state index in [1.807, 2.05) is 30.8 Å². The van der Waals surface area contributed by atoms with Gasteiger partial charge in [0, 0.05) is 24.2 Å². The number of hydrogen-bond donors (Lipinski definition) is 1. The summed E-state index contributed by atoms with van der Waals surface area (Å²) in [5, 5.41) is 11.9. The van der Waals surface area contributed by atoms with Crippen molar-refractivity contribution in [3.63, 3.8) is 0 Å². The zero-order valence-electron chi connectivity index (χ0n) is 18.8. The van der Waals surface area contributed by atoms with Crippen LogP contribution in [0.1, 0.15) is 26.7 Å². The van der Waals surface area contributed by atoms with E-state index in [-0.39, 0.29) is 17.9 Å². The summed E-state index contributed by atoms with van der Waals surface area (Å²) < 4.78 is 1.97. The van der Waals surface area contributed by atoms with Gasteiger partial charge in [0.2, 0.25) is 5.91 Å². The van der Waals surface area contributed by atoms with E-state index in [1.54, 1.807) is 0 Å². The molecule has 2 aromatic carbocycles. The van der Waals surface area contributed by atoms with Crippen LogP contribution in [-0.4, -0.2) is 51.0 Å². The van der Waals surface area contributed by atoms with Gasteiger partial charge in [0.05, 0.1) is 18.7 Å². The van der Waals surface area contributed by atoms with Crippen molar-refractivity contribution in [3.8, 4) is 22.4 Å². The highest BCUT2D eigenvalue weighted by molar-refractivity contribution is 5.79. The first-order valence-electron chi connectivity index (χ1n) is 11.7. The number of nitrogens with zero attached hydrogens (tertiary/aromatic N) is 4. The largest absolute Gasteiger partial charge is 0.354 e. The number of fused-ring (bicyclic) bond motifs is 3. The van der Waals surface area contributed by atoms with E-state index in [0.717, 1.165) is 43.7 Å². The molecule has 32 heavy (non-hydrogen) atoms. The van der Waals surface area contributed by atoms with E-state index in [1.165, 1.54) is 11.1 Å². The molecule has 4 atom stereocenters. The lowest BCUT2D eigenvalue weighted by Gasteiger charge is -2.49. The van der Waals surface area contributed by atoms with Crippen LogP contribution in [0.15, 0.2) is 60.8 Å². The monoisotopic (exact) mass is 429 g/mol. The predicted molar refractivity (Wildman–Crippen MR) is 126 cm³/mol. The molecule has 3 aromatic rings. The molecular weight excluding hydrogens is 398 g/mol. The van der Waals surface area contributed by atoms with Gasteiger partial charge in [-0.25, -0.2) is 0 Å². The molecule has 166 valence electrons. The maximum atomic E-state index is 12.6. The van der Waals surface area contributed by atoms with E-state index in [2.05, 4.69) is 69.1 Å². The van der Waals surface area contributed by atoms with E-state index in [4.69, 9.17) is 0 Å². The van der Waals surface area contributed by atoms with Crippen LogP contribution in [0.3, 0.4) is 0 Å². The zero-order chi connectivity index (χ0) is 22.1. The number of aromatic nitrogens is 3. The first kappa shape index (κ1) is 20.9. The molecule has 0 saturated carbocycles. The lowest BCUT2D eigenvalue weighted by molar-refractivity contribution is -0.133. The minimum Gasteiger partial charge on any atom is -0.354 e. The first-order chi connectivity index (χ1) is 15.6. The second-order valence-electron chi connectivity index (χ2n) is 9.47. The summed E-state index contributed by atoms with van der Waals surface area (Å²) in [6.07, 6.45) is 4.21. The molecule has 0 radical (unpaired) electrons. The average Bonchev–Trinajstić information content (AvgIpc) is 3.28. The third kappa shape index (κ3) is 4.32. The van der Waals surface area contributed by atoms with Crippen molar-refractivity contribution in [2.24, 2.45) is 11.8 Å². The molecule has 0 spiro atoms. The molecule has 3 aliphatic rings. The maximum absolute atomic E-state index is 12.6. The highest BCUT2D eigenvalue weighted by atomic mass is 16.2. The fourth-order valence-corrected chi connectivity index (χ4v) is 5.22. The summed E-state index contributed by atoms with van der Waals surface area (Å²) >= 11 is 0. The van der Waals surface area contributed by atoms with Crippen LogP contribution in [0, 0.1) is 11.8 Å². The van der Waals surface area contributed by atoms with E-state index in [9.17, 15) is 4.79 Å². The molecule has 4 heterocycles. The topological polar surface area (TPSA) is 63.1 Å². The summed E-state index contributed by atoms with van der Waals surface area (Å²) in [6.45, 7) is 6.81. The molecule has 0 aliphatic carbocycles. The molecular formula is C26H31N5O. The van der Waals surface area contributed by atoms with Gasteiger partial charge in [-0.15, -0.1) is 5.10 Å². The molecule has 1 amide bonds. The summed E-state index contributed by atoms with van der Waals surface area (Å²) in [4.78, 5) is 15.0. The van der Waals surface area contributed by atoms with Crippen LogP contribution in [0.25, 0.3) is 22.4 Å². The quantitative estimate of drug-likeness (QED) is 0.647. The third-order valence-corrected chi connectivity index (χ3v) is 6.87. The van der Waals surface area contributed by atoms with E-state index < -0.39 is 0 Å². The van der Waals surface area contributed by atoms with Crippen LogP contribution in [0.2, 0.25) is 0 Å². The van der Waals surface area contributed by atoms with Crippen molar-refractivity contribution < 1.29 is 4.79 Å². The number of piperidine rings is 3. The number of benzene rings is 2. The zero-order valence-corrected chi connectivity index (χ0v) is 18.8. The average molecular weight is 430 g/mol. The van der Waals surface area contributed by atoms with Crippen LogP contribution in [0.5, 0.6) is 0 Å². The normalized spacial score (nSPS) is 24.6. The van der Waals surface area contributed by atoms with Gasteiger partial charge in [-0.2, -0.15) is 0 Å². The van der Waals surface area contributed by atoms with Crippen molar-refractivity contribution in [1.82, 2.24) is 25.2 Å². The summed E-state index contributed by atoms with van der Waals surface area (Å²) in [5.74, 6) is 0.809. The Hall–Kier alpha value is -2.99. The highest BCUT2D eigenvalue weighted by Crippen LogP contribution is 2.37. The Kier molecular flexibility index (Phi) is 5.79. The lowest BCUT2D eigenvalue weighted by Crippen LogP contribution is -2.58. The van der Waals surface area contributed by atoms with Gasteiger partial charge < -0.3 is 5.32 Å². The summed E-state index contributed by atoms with van der Waals surface area (Å²) in [5.41, 5.74) is 4.38. The van der Waals surface area contributed by atoms with Crippen molar-refractivity contribution in [3.05, 3.63) is 60.8 Å². The standard InChI is InChI=1S/C26H31N5O/c1-18(2)27-26(32)24-16-30-13-12-22(24)14-23(30)15-31-17-25(28-29-31)21-10-8-20(9-11-21)19-6-4-3-5-7-19/h3-11,17-18,22-24H,12-16H2,1-2H3,(H,27,32). The van der Waals surface area contributed by atoms with Gasteiger partial charge >= 0.3 is 0 Å². The van der Waals surface area contributed by atoms with Crippen LogP contribution in [0.4, 0.5) is 0 Å². The molecule has 1 aromatic heterocycles. The molecule has 6 heteroatoms. The van der Waals surface area contributed by atoms with Gasteiger partial charge in [0.25, 0.3) is 0 Å². The fraction of sp³-hybridized carbons (Fsp3) is 0.423. The second-order valence-corrected chi connectivity index (χ2v) is 9.47. The molecule has 4 unspecified atom stereocenters. The molecule has 2 bridgehead atoms. The summed E-state index contributed by atoms with van der Waals surface area (Å²) in [6, 6.07) is 19.5. The third-order valence-electron chi connectivity index (χ3n) is 6.87. The minimum atomic E-state index is 0.122.